The fourth-order valence-electron chi connectivity index (χ4n) is 0.857. The third kappa shape index (κ3) is 5.88. The maximum absolute atomic E-state index is 12.2. The second-order valence-corrected chi connectivity index (χ2v) is 4.41. The molecule has 0 bridgehead atoms. The number of halogens is 3. The highest BCUT2D eigenvalue weighted by Crippen LogP contribution is 2.25. The van der Waals surface area contributed by atoms with Gasteiger partial charge in [0.15, 0.2) is 5.92 Å². The fraction of sp³-hybridized carbons (Fsp3) is 0.875. The maximum atomic E-state index is 12.2. The number of carboxylic acids is 1. The van der Waals surface area contributed by atoms with Gasteiger partial charge in [0.1, 0.15) is 0 Å². The smallest absolute Gasteiger partial charge is 0.403 e. The molecule has 0 radical (unpaired) electrons. The van der Waals surface area contributed by atoms with Crippen molar-refractivity contribution in [3.8, 4) is 0 Å². The molecule has 0 saturated carbocycles. The molecule has 0 spiro atoms. The molecule has 2 N–H and O–H groups in total. The molecule has 2 unspecified atom stereocenters. The van der Waals surface area contributed by atoms with E-state index in [1.165, 1.54) is 11.8 Å². The zero-order chi connectivity index (χ0) is 12.1. The number of nitrogens with one attached hydrogen (secondary N) is 1. The molecule has 0 fully saturated rings. The first kappa shape index (κ1) is 14.6. The van der Waals surface area contributed by atoms with Gasteiger partial charge in [0.2, 0.25) is 0 Å². The standard InChI is InChI=1S/C8H14F3NO2S/c1-5(15-2)3-12-4-6(7(13)14)8(9,10)11/h5-6,12H,3-4H2,1-2H3,(H,13,14). The summed E-state index contributed by atoms with van der Waals surface area (Å²) in [6, 6.07) is 0. The van der Waals surface area contributed by atoms with E-state index in [0.717, 1.165) is 0 Å². The second-order valence-electron chi connectivity index (χ2n) is 3.14. The van der Waals surface area contributed by atoms with E-state index in [4.69, 9.17) is 5.11 Å². The largest absolute Gasteiger partial charge is 0.481 e. The quantitative estimate of drug-likeness (QED) is 0.746. The van der Waals surface area contributed by atoms with Gasteiger partial charge in [-0.3, -0.25) is 4.79 Å². The van der Waals surface area contributed by atoms with Crippen molar-refractivity contribution in [3.05, 3.63) is 0 Å². The summed E-state index contributed by atoms with van der Waals surface area (Å²) >= 11 is 1.50. The van der Waals surface area contributed by atoms with Crippen LogP contribution in [0.15, 0.2) is 0 Å². The molecule has 0 heterocycles. The minimum Gasteiger partial charge on any atom is -0.481 e. The fourth-order valence-corrected chi connectivity index (χ4v) is 1.14. The van der Waals surface area contributed by atoms with Crippen molar-refractivity contribution in [3.63, 3.8) is 0 Å². The number of rotatable bonds is 6. The monoisotopic (exact) mass is 245 g/mol. The molecule has 0 aromatic rings. The van der Waals surface area contributed by atoms with Crippen LogP contribution < -0.4 is 5.32 Å². The highest BCUT2D eigenvalue weighted by Gasteiger charge is 2.44. The van der Waals surface area contributed by atoms with E-state index < -0.39 is 24.6 Å². The van der Waals surface area contributed by atoms with Crippen LogP contribution in [0.5, 0.6) is 0 Å². The van der Waals surface area contributed by atoms with E-state index in [0.29, 0.717) is 6.54 Å². The molecule has 0 aliphatic rings. The molecule has 0 aliphatic carbocycles. The van der Waals surface area contributed by atoms with E-state index in [1.54, 1.807) is 0 Å². The van der Waals surface area contributed by atoms with E-state index >= 15 is 0 Å². The molecule has 0 rings (SSSR count). The number of hydrogen-bond acceptors (Lipinski definition) is 3. The second kappa shape index (κ2) is 6.22. The van der Waals surface area contributed by atoms with Gasteiger partial charge >= 0.3 is 12.1 Å². The minimum atomic E-state index is -4.69. The van der Waals surface area contributed by atoms with Crippen LogP contribution in [0.3, 0.4) is 0 Å². The summed E-state index contributed by atoms with van der Waals surface area (Å²) in [5, 5.41) is 11.0. The molecular weight excluding hydrogens is 231 g/mol. The van der Waals surface area contributed by atoms with Crippen molar-refractivity contribution in [1.82, 2.24) is 5.32 Å². The topological polar surface area (TPSA) is 49.3 Å². The molecular formula is C8H14F3NO2S. The molecule has 7 heteroatoms. The van der Waals surface area contributed by atoms with Crippen LogP contribution in [0.2, 0.25) is 0 Å². The van der Waals surface area contributed by atoms with Crippen molar-refractivity contribution in [1.29, 1.82) is 0 Å². The third-order valence-corrected chi connectivity index (χ3v) is 2.85. The molecule has 15 heavy (non-hydrogen) atoms. The van der Waals surface area contributed by atoms with Gasteiger partial charge in [0.05, 0.1) is 0 Å². The van der Waals surface area contributed by atoms with Crippen molar-refractivity contribution in [2.75, 3.05) is 19.3 Å². The van der Waals surface area contributed by atoms with E-state index in [-0.39, 0.29) is 5.25 Å². The Hall–Kier alpha value is -0.430. The van der Waals surface area contributed by atoms with Crippen LogP contribution in [-0.4, -0.2) is 41.8 Å². The Morgan fingerprint density at radius 2 is 2.00 bits per heavy atom. The zero-order valence-electron chi connectivity index (χ0n) is 8.47. The number of alkyl halides is 3. The van der Waals surface area contributed by atoms with Gasteiger partial charge in [-0.25, -0.2) is 0 Å². The summed E-state index contributed by atoms with van der Waals surface area (Å²) in [5.74, 6) is -4.17. The third-order valence-electron chi connectivity index (χ3n) is 1.88. The number of carboxylic acid groups (broad SMARTS) is 1. The lowest BCUT2D eigenvalue weighted by molar-refractivity contribution is -0.192. The SMILES string of the molecule is CSC(C)CNCC(C(=O)O)C(F)(F)F. The van der Waals surface area contributed by atoms with Gasteiger partial charge in [0.25, 0.3) is 0 Å². The van der Waals surface area contributed by atoms with E-state index in [9.17, 15) is 18.0 Å². The van der Waals surface area contributed by atoms with Crippen molar-refractivity contribution >= 4 is 17.7 Å². The number of hydrogen-bond donors (Lipinski definition) is 2. The Balaban J connectivity index is 4.05. The number of carbonyl (C=O) groups is 1. The van der Waals surface area contributed by atoms with E-state index in [1.807, 2.05) is 13.2 Å². The van der Waals surface area contributed by atoms with E-state index in [2.05, 4.69) is 5.32 Å². The molecule has 3 nitrogen and oxygen atoms in total. The summed E-state index contributed by atoms with van der Waals surface area (Å²) in [4.78, 5) is 10.3. The summed E-state index contributed by atoms with van der Waals surface area (Å²) in [7, 11) is 0. The highest BCUT2D eigenvalue weighted by molar-refractivity contribution is 7.99. The Morgan fingerprint density at radius 1 is 1.47 bits per heavy atom. The van der Waals surface area contributed by atoms with Crippen LogP contribution >= 0.6 is 11.8 Å². The van der Waals surface area contributed by atoms with Gasteiger partial charge in [0, 0.05) is 18.3 Å². The summed E-state index contributed by atoms with van der Waals surface area (Å²) < 4.78 is 36.5. The molecule has 90 valence electrons. The predicted molar refractivity (Wildman–Crippen MR) is 53.0 cm³/mol. The number of thioether (sulfide) groups is 1. The van der Waals surface area contributed by atoms with Crippen molar-refractivity contribution in [2.45, 2.75) is 18.3 Å². The lowest BCUT2D eigenvalue weighted by Gasteiger charge is -2.17. The van der Waals surface area contributed by atoms with Crippen LogP contribution in [0.1, 0.15) is 6.92 Å². The lowest BCUT2D eigenvalue weighted by Crippen LogP contribution is -2.40. The molecule has 0 aliphatic heterocycles. The summed E-state index contributed by atoms with van der Waals surface area (Å²) in [6.07, 6.45) is -2.85. The summed E-state index contributed by atoms with van der Waals surface area (Å²) in [6.45, 7) is 1.63. The normalized spacial score (nSPS) is 16.1. The van der Waals surface area contributed by atoms with Gasteiger partial charge in [-0.1, -0.05) is 6.92 Å². The Labute approximate surface area is 90.4 Å². The molecule has 0 saturated heterocycles. The van der Waals surface area contributed by atoms with Crippen LogP contribution in [0, 0.1) is 5.92 Å². The average molecular weight is 245 g/mol. The Kier molecular flexibility index (Phi) is 6.04. The van der Waals surface area contributed by atoms with Gasteiger partial charge in [-0.05, 0) is 6.26 Å². The van der Waals surface area contributed by atoms with Gasteiger partial charge in [-0.15, -0.1) is 0 Å². The number of aliphatic carboxylic acids is 1. The first-order valence-electron chi connectivity index (χ1n) is 4.32. The highest BCUT2D eigenvalue weighted by atomic mass is 32.2. The van der Waals surface area contributed by atoms with Crippen molar-refractivity contribution < 1.29 is 23.1 Å². The first-order chi connectivity index (χ1) is 6.79. The van der Waals surface area contributed by atoms with Gasteiger partial charge < -0.3 is 10.4 Å². The Bertz CT molecular complexity index is 211. The molecule has 0 aromatic heterocycles. The van der Waals surface area contributed by atoms with Crippen molar-refractivity contribution in [2.24, 2.45) is 5.92 Å². The average Bonchev–Trinajstić information content (AvgIpc) is 2.09. The molecule has 2 atom stereocenters. The predicted octanol–water partition coefficient (Wildman–Crippen LogP) is 1.59. The first-order valence-corrected chi connectivity index (χ1v) is 5.60. The van der Waals surface area contributed by atoms with Crippen LogP contribution in [0.25, 0.3) is 0 Å². The maximum Gasteiger partial charge on any atom is 0.403 e. The molecule has 0 aromatic carbocycles. The van der Waals surface area contributed by atoms with Gasteiger partial charge in [-0.2, -0.15) is 24.9 Å². The van der Waals surface area contributed by atoms with Crippen LogP contribution in [0.4, 0.5) is 13.2 Å². The van der Waals surface area contributed by atoms with Crippen LogP contribution in [-0.2, 0) is 4.79 Å². The zero-order valence-corrected chi connectivity index (χ0v) is 9.28. The Morgan fingerprint density at radius 3 is 2.33 bits per heavy atom. The summed E-state index contributed by atoms with van der Waals surface area (Å²) in [5.41, 5.74) is 0. The minimum absolute atomic E-state index is 0.160. The molecule has 0 amide bonds. The lowest BCUT2D eigenvalue weighted by atomic mass is 10.1.